The smallest absolute Gasteiger partial charge is 0.337 e. The minimum Gasteiger partial charge on any atom is -0.464 e. The van der Waals surface area contributed by atoms with Crippen LogP contribution in [0.15, 0.2) is 0 Å². The number of hydrogen-bond donors (Lipinski definition) is 2. The van der Waals surface area contributed by atoms with Crippen LogP contribution in [0, 0.1) is 11.8 Å². The van der Waals surface area contributed by atoms with Gasteiger partial charge in [-0.05, 0) is 31.6 Å². The highest BCUT2D eigenvalue weighted by molar-refractivity contribution is 5.75. The Morgan fingerprint density at radius 1 is 0.793 bits per heavy atom. The van der Waals surface area contributed by atoms with Gasteiger partial charge < -0.3 is 14.9 Å². The van der Waals surface area contributed by atoms with Gasteiger partial charge in [-0.1, -0.05) is 103 Å². The third-order valence-corrected chi connectivity index (χ3v) is 6.46. The van der Waals surface area contributed by atoms with Gasteiger partial charge in [-0.2, -0.15) is 0 Å². The summed E-state index contributed by atoms with van der Waals surface area (Å²) in [7, 11) is 0. The average Bonchev–Trinajstić information content (AvgIpc) is 3.46. The molecule has 1 rings (SSSR count). The molecule has 4 atom stereocenters. The molecule has 0 saturated heterocycles. The van der Waals surface area contributed by atoms with Crippen molar-refractivity contribution in [2.75, 3.05) is 6.61 Å². The first-order valence-electron chi connectivity index (χ1n) is 12.6. The summed E-state index contributed by atoms with van der Waals surface area (Å²) in [6.45, 7) is 4.20. The van der Waals surface area contributed by atoms with E-state index in [0.29, 0.717) is 6.42 Å². The van der Waals surface area contributed by atoms with Crippen LogP contribution in [-0.4, -0.2) is 35.0 Å². The highest BCUT2D eigenvalue weighted by atomic mass is 16.5. The molecule has 29 heavy (non-hydrogen) atoms. The maximum atomic E-state index is 11.4. The first-order chi connectivity index (χ1) is 14.1. The molecule has 0 bridgehead atoms. The predicted octanol–water partition coefficient (Wildman–Crippen LogP) is 6.17. The minimum atomic E-state index is -1.40. The molecule has 1 saturated carbocycles. The van der Waals surface area contributed by atoms with Crippen molar-refractivity contribution < 1.29 is 19.7 Å². The molecule has 2 N–H and O–H groups in total. The molecule has 0 aromatic heterocycles. The second-order valence-corrected chi connectivity index (χ2v) is 9.13. The fraction of sp³-hybridized carbons (Fsp3) is 0.960. The highest BCUT2D eigenvalue weighted by Crippen LogP contribution is 2.45. The quantitative estimate of drug-likeness (QED) is 0.185. The number of rotatable bonds is 20. The normalized spacial score (nSPS) is 20.4. The van der Waals surface area contributed by atoms with Crippen molar-refractivity contribution in [3.63, 3.8) is 0 Å². The molecule has 0 aromatic carbocycles. The highest BCUT2D eigenvalue weighted by Gasteiger charge is 2.35. The second-order valence-electron chi connectivity index (χ2n) is 9.13. The summed E-state index contributed by atoms with van der Waals surface area (Å²) in [4.78, 5) is 11.4. The van der Waals surface area contributed by atoms with Gasteiger partial charge in [-0.25, -0.2) is 4.79 Å². The first-order valence-corrected chi connectivity index (χ1v) is 12.6. The van der Waals surface area contributed by atoms with Crippen molar-refractivity contribution in [1.29, 1.82) is 0 Å². The van der Waals surface area contributed by atoms with Gasteiger partial charge in [0.1, 0.15) is 0 Å². The van der Waals surface area contributed by atoms with Gasteiger partial charge in [0, 0.05) is 0 Å². The number of esters is 1. The van der Waals surface area contributed by atoms with Crippen LogP contribution in [0.3, 0.4) is 0 Å². The molecule has 0 aliphatic heterocycles. The van der Waals surface area contributed by atoms with Crippen molar-refractivity contribution in [1.82, 2.24) is 0 Å². The molecule has 4 nitrogen and oxygen atoms in total. The van der Waals surface area contributed by atoms with Crippen molar-refractivity contribution in [2.24, 2.45) is 11.8 Å². The molecule has 4 heteroatoms. The van der Waals surface area contributed by atoms with Gasteiger partial charge in [0.25, 0.3) is 0 Å². The number of carbonyl (C=O) groups excluding carboxylic acids is 1. The van der Waals surface area contributed by atoms with Gasteiger partial charge in [0.15, 0.2) is 6.10 Å². The Morgan fingerprint density at radius 3 is 1.79 bits per heavy atom. The number of aliphatic hydroxyl groups excluding tert-OH is 2. The average molecular weight is 413 g/mol. The molecule has 0 radical (unpaired) electrons. The number of hydrogen-bond acceptors (Lipinski definition) is 4. The van der Waals surface area contributed by atoms with Crippen LogP contribution in [0.1, 0.15) is 123 Å². The lowest BCUT2D eigenvalue weighted by Crippen LogP contribution is -2.35. The van der Waals surface area contributed by atoms with E-state index in [0.717, 1.165) is 24.7 Å². The summed E-state index contributed by atoms with van der Waals surface area (Å²) < 4.78 is 4.73. The molecule has 1 aliphatic rings. The van der Waals surface area contributed by atoms with Crippen LogP contribution in [-0.2, 0) is 9.53 Å². The van der Waals surface area contributed by atoms with E-state index in [4.69, 9.17) is 4.74 Å². The standard InChI is InChI=1S/C25H48O4/c1-3-5-6-7-8-9-11-14-17-21-20-22(21)18-15-12-10-13-16-19-23(26)24(27)25(28)29-4-2/h21-24,26-27H,3-20H2,1-2H3/t21-,22+,23+,24-/m0/s1. The molecule has 0 amide bonds. The molecule has 172 valence electrons. The number of aliphatic hydroxyl groups is 2. The third kappa shape index (κ3) is 13.3. The number of ether oxygens (including phenoxy) is 1. The second kappa shape index (κ2) is 17.1. The van der Waals surface area contributed by atoms with Gasteiger partial charge in [-0.3, -0.25) is 0 Å². The summed E-state index contributed by atoms with van der Waals surface area (Å²) in [6.07, 6.45) is 19.4. The maximum absolute atomic E-state index is 11.4. The van der Waals surface area contributed by atoms with E-state index >= 15 is 0 Å². The van der Waals surface area contributed by atoms with Gasteiger partial charge >= 0.3 is 5.97 Å². The molecule has 0 heterocycles. The lowest BCUT2D eigenvalue weighted by molar-refractivity contribution is -0.159. The fourth-order valence-electron chi connectivity index (χ4n) is 4.39. The van der Waals surface area contributed by atoms with Crippen molar-refractivity contribution in [3.8, 4) is 0 Å². The van der Waals surface area contributed by atoms with Gasteiger partial charge in [-0.15, -0.1) is 0 Å². The van der Waals surface area contributed by atoms with Gasteiger partial charge in [0.2, 0.25) is 0 Å². The van der Waals surface area contributed by atoms with E-state index in [1.807, 2.05) is 0 Å². The zero-order valence-corrected chi connectivity index (χ0v) is 19.2. The van der Waals surface area contributed by atoms with Gasteiger partial charge in [0.05, 0.1) is 12.7 Å². The minimum absolute atomic E-state index is 0.226. The van der Waals surface area contributed by atoms with Crippen molar-refractivity contribution >= 4 is 5.97 Å². The molecular weight excluding hydrogens is 364 g/mol. The lowest BCUT2D eigenvalue weighted by Gasteiger charge is -2.16. The largest absolute Gasteiger partial charge is 0.464 e. The molecule has 0 unspecified atom stereocenters. The predicted molar refractivity (Wildman–Crippen MR) is 120 cm³/mol. The van der Waals surface area contributed by atoms with E-state index in [-0.39, 0.29) is 6.61 Å². The molecule has 0 spiro atoms. The van der Waals surface area contributed by atoms with Crippen LogP contribution >= 0.6 is 0 Å². The summed E-state index contributed by atoms with van der Waals surface area (Å²) in [5.41, 5.74) is 0. The molecule has 1 aliphatic carbocycles. The number of unbranched alkanes of at least 4 members (excludes halogenated alkanes) is 11. The van der Waals surface area contributed by atoms with Crippen LogP contribution < -0.4 is 0 Å². The number of carbonyl (C=O) groups is 1. The van der Waals surface area contributed by atoms with Crippen LogP contribution in [0.2, 0.25) is 0 Å². The SMILES string of the molecule is CCCCCCCCCC[C@H]1C[C@H]1CCCCCCC[C@@H](O)[C@H](O)C(=O)OCC. The van der Waals surface area contributed by atoms with Crippen LogP contribution in [0.5, 0.6) is 0 Å². The maximum Gasteiger partial charge on any atom is 0.337 e. The van der Waals surface area contributed by atoms with E-state index in [1.54, 1.807) is 6.92 Å². The third-order valence-electron chi connectivity index (χ3n) is 6.46. The Morgan fingerprint density at radius 2 is 1.28 bits per heavy atom. The summed E-state index contributed by atoms with van der Waals surface area (Å²) in [6, 6.07) is 0. The first kappa shape index (κ1) is 26.4. The Bertz CT molecular complexity index is 398. The summed E-state index contributed by atoms with van der Waals surface area (Å²) in [5, 5.41) is 19.5. The van der Waals surface area contributed by atoms with E-state index in [1.165, 1.54) is 89.9 Å². The van der Waals surface area contributed by atoms with Crippen molar-refractivity contribution in [3.05, 3.63) is 0 Å². The lowest BCUT2D eigenvalue weighted by atomic mass is 10.0. The zero-order valence-electron chi connectivity index (χ0n) is 19.2. The fourth-order valence-corrected chi connectivity index (χ4v) is 4.39. The Balaban J connectivity index is 1.84. The zero-order chi connectivity index (χ0) is 21.3. The van der Waals surface area contributed by atoms with Crippen molar-refractivity contribution in [2.45, 2.75) is 135 Å². The van der Waals surface area contributed by atoms with E-state index < -0.39 is 18.2 Å². The Kier molecular flexibility index (Phi) is 15.6. The van der Waals surface area contributed by atoms with E-state index in [2.05, 4.69) is 6.92 Å². The van der Waals surface area contributed by atoms with Crippen LogP contribution in [0.4, 0.5) is 0 Å². The Hall–Kier alpha value is -0.610. The Labute approximate surface area is 179 Å². The summed E-state index contributed by atoms with van der Waals surface area (Å²) in [5.74, 6) is 1.31. The molecule has 0 aromatic rings. The molecule has 1 fully saturated rings. The summed E-state index contributed by atoms with van der Waals surface area (Å²) >= 11 is 0. The monoisotopic (exact) mass is 412 g/mol. The topological polar surface area (TPSA) is 66.8 Å². The molecular formula is C25H48O4. The van der Waals surface area contributed by atoms with Crippen LogP contribution in [0.25, 0.3) is 0 Å². The van der Waals surface area contributed by atoms with E-state index in [9.17, 15) is 15.0 Å².